The maximum atomic E-state index is 12.8. The van der Waals surface area contributed by atoms with Crippen LogP contribution < -0.4 is 10.4 Å². The lowest BCUT2D eigenvalue weighted by Gasteiger charge is -2.09. The Hall–Kier alpha value is -3.56. The number of benzene rings is 2. The van der Waals surface area contributed by atoms with E-state index in [2.05, 4.69) is 10.3 Å². The third kappa shape index (κ3) is 4.53. The van der Waals surface area contributed by atoms with Gasteiger partial charge in [0.1, 0.15) is 6.61 Å². The molecule has 0 atom stereocenters. The molecule has 10 heteroatoms. The zero-order valence-electron chi connectivity index (χ0n) is 16.5. The van der Waals surface area contributed by atoms with Crippen LogP contribution in [0.3, 0.4) is 0 Å². The van der Waals surface area contributed by atoms with Crippen molar-refractivity contribution in [2.75, 3.05) is 7.11 Å². The number of rotatable bonds is 6. The Bertz CT molecular complexity index is 1120. The largest absolute Gasteiger partial charge is 0.467 e. The molecule has 0 aliphatic heterocycles. The van der Waals surface area contributed by atoms with Gasteiger partial charge in [-0.05, 0) is 42.3 Å². The standard InChI is InChI=1S/C20H19F3N4O3/c1-13(15-5-4-6-16(11-15)20(21,22)23)25-30-12-14-7-9-17(10-8-14)27-18(29-3)24-26(2)19(27)28/h4-11H,12H2,1-3H3. The van der Waals surface area contributed by atoms with Crippen molar-refractivity contribution in [1.29, 1.82) is 0 Å². The molecule has 0 bridgehead atoms. The van der Waals surface area contributed by atoms with Crippen LogP contribution in [-0.2, 0) is 24.7 Å². The molecule has 0 aliphatic carbocycles. The molecule has 3 rings (SSSR count). The predicted octanol–water partition coefficient (Wildman–Crippen LogP) is 3.54. The van der Waals surface area contributed by atoms with Crippen molar-refractivity contribution in [1.82, 2.24) is 14.3 Å². The van der Waals surface area contributed by atoms with Gasteiger partial charge in [0.05, 0.1) is 24.1 Å². The maximum Gasteiger partial charge on any atom is 0.416 e. The molecule has 158 valence electrons. The van der Waals surface area contributed by atoms with Crippen LogP contribution in [0.5, 0.6) is 6.01 Å². The third-order valence-corrected chi connectivity index (χ3v) is 4.31. The smallest absolute Gasteiger partial charge is 0.416 e. The van der Waals surface area contributed by atoms with Gasteiger partial charge in [0.25, 0.3) is 0 Å². The highest BCUT2D eigenvalue weighted by atomic mass is 19.4. The fourth-order valence-corrected chi connectivity index (χ4v) is 2.71. The minimum atomic E-state index is -4.42. The van der Waals surface area contributed by atoms with Crippen LogP contribution in [-0.4, -0.2) is 27.2 Å². The SMILES string of the molecule is COc1nn(C)c(=O)n1-c1ccc(CON=C(C)c2cccc(C(F)(F)F)c2)cc1. The van der Waals surface area contributed by atoms with E-state index in [1.807, 2.05) is 0 Å². The first-order valence-corrected chi connectivity index (χ1v) is 8.84. The van der Waals surface area contributed by atoms with Crippen molar-refractivity contribution in [3.63, 3.8) is 0 Å². The van der Waals surface area contributed by atoms with Crippen LogP contribution in [0.2, 0.25) is 0 Å². The number of ether oxygens (including phenoxy) is 1. The van der Waals surface area contributed by atoms with E-state index < -0.39 is 11.7 Å². The molecule has 0 radical (unpaired) electrons. The second kappa shape index (κ2) is 8.44. The molecule has 0 unspecified atom stereocenters. The van der Waals surface area contributed by atoms with Gasteiger partial charge >= 0.3 is 17.9 Å². The molecule has 3 aromatic rings. The number of oxime groups is 1. The van der Waals surface area contributed by atoms with Crippen molar-refractivity contribution in [2.24, 2.45) is 12.2 Å². The molecule has 0 spiro atoms. The van der Waals surface area contributed by atoms with Gasteiger partial charge in [-0.3, -0.25) is 0 Å². The average molecular weight is 420 g/mol. The zero-order chi connectivity index (χ0) is 21.9. The summed E-state index contributed by atoms with van der Waals surface area (Å²) in [4.78, 5) is 17.4. The lowest BCUT2D eigenvalue weighted by molar-refractivity contribution is -0.137. The van der Waals surface area contributed by atoms with Crippen molar-refractivity contribution >= 4 is 5.71 Å². The van der Waals surface area contributed by atoms with Crippen molar-refractivity contribution in [3.05, 3.63) is 75.7 Å². The van der Waals surface area contributed by atoms with E-state index in [1.165, 1.54) is 35.5 Å². The van der Waals surface area contributed by atoms with Crippen LogP contribution in [0.1, 0.15) is 23.6 Å². The second-order valence-electron chi connectivity index (χ2n) is 6.42. The quantitative estimate of drug-likeness (QED) is 0.452. The van der Waals surface area contributed by atoms with Gasteiger partial charge in [0.15, 0.2) is 0 Å². The summed E-state index contributed by atoms with van der Waals surface area (Å²) >= 11 is 0. The van der Waals surface area contributed by atoms with Gasteiger partial charge in [-0.1, -0.05) is 29.4 Å². The summed E-state index contributed by atoms with van der Waals surface area (Å²) < 4.78 is 46.1. The lowest BCUT2D eigenvalue weighted by atomic mass is 10.1. The van der Waals surface area contributed by atoms with Crippen LogP contribution in [0.4, 0.5) is 13.2 Å². The Balaban J connectivity index is 1.69. The van der Waals surface area contributed by atoms with Gasteiger partial charge in [0.2, 0.25) is 0 Å². The van der Waals surface area contributed by atoms with Crippen molar-refractivity contribution in [3.8, 4) is 11.7 Å². The van der Waals surface area contributed by atoms with Crippen LogP contribution >= 0.6 is 0 Å². The minimum Gasteiger partial charge on any atom is -0.467 e. The second-order valence-corrected chi connectivity index (χ2v) is 6.42. The van der Waals surface area contributed by atoms with Crippen molar-refractivity contribution in [2.45, 2.75) is 19.7 Å². The maximum absolute atomic E-state index is 12.8. The van der Waals surface area contributed by atoms with E-state index in [9.17, 15) is 18.0 Å². The Morgan fingerprint density at radius 1 is 1.17 bits per heavy atom. The summed E-state index contributed by atoms with van der Waals surface area (Å²) in [5, 5.41) is 7.88. The highest BCUT2D eigenvalue weighted by Crippen LogP contribution is 2.29. The molecule has 1 aromatic heterocycles. The van der Waals surface area contributed by atoms with E-state index >= 15 is 0 Å². The number of nitrogens with zero attached hydrogens (tertiary/aromatic N) is 4. The molecular weight excluding hydrogens is 401 g/mol. The normalized spacial score (nSPS) is 12.1. The molecule has 2 aromatic carbocycles. The van der Waals surface area contributed by atoms with E-state index in [0.717, 1.165) is 17.7 Å². The van der Waals surface area contributed by atoms with Gasteiger partial charge in [0, 0.05) is 7.05 Å². The molecule has 1 heterocycles. The molecule has 7 nitrogen and oxygen atoms in total. The third-order valence-electron chi connectivity index (χ3n) is 4.31. The Morgan fingerprint density at radius 3 is 2.50 bits per heavy atom. The monoisotopic (exact) mass is 420 g/mol. The Morgan fingerprint density at radius 2 is 1.87 bits per heavy atom. The molecule has 0 fully saturated rings. The van der Waals surface area contributed by atoms with E-state index in [1.54, 1.807) is 31.2 Å². The Kier molecular flexibility index (Phi) is 5.95. The van der Waals surface area contributed by atoms with Crippen LogP contribution in [0.25, 0.3) is 5.69 Å². The summed E-state index contributed by atoms with van der Waals surface area (Å²) in [7, 11) is 2.94. The number of aryl methyl sites for hydroxylation is 1. The summed E-state index contributed by atoms with van der Waals surface area (Å²) in [6, 6.07) is 11.9. The first kappa shape index (κ1) is 21.2. The Labute approximate surface area is 170 Å². The predicted molar refractivity (Wildman–Crippen MR) is 104 cm³/mol. The van der Waals surface area contributed by atoms with Crippen LogP contribution in [0, 0.1) is 0 Å². The number of halogens is 3. The molecule has 0 aliphatic rings. The molecule has 0 amide bonds. The highest BCUT2D eigenvalue weighted by Gasteiger charge is 2.30. The van der Waals surface area contributed by atoms with Gasteiger partial charge in [-0.2, -0.15) is 13.2 Å². The lowest BCUT2D eigenvalue weighted by Crippen LogP contribution is -2.21. The number of hydrogen-bond donors (Lipinski definition) is 0. The van der Waals surface area contributed by atoms with Gasteiger partial charge in [-0.15, -0.1) is 5.10 Å². The number of aromatic nitrogens is 3. The molecule has 30 heavy (non-hydrogen) atoms. The molecule has 0 saturated heterocycles. The first-order chi connectivity index (χ1) is 14.2. The first-order valence-electron chi connectivity index (χ1n) is 8.84. The number of hydrogen-bond acceptors (Lipinski definition) is 5. The molecule has 0 N–H and O–H groups in total. The van der Waals surface area contributed by atoms with Gasteiger partial charge < -0.3 is 9.57 Å². The molecular formula is C20H19F3N4O3. The molecule has 0 saturated carbocycles. The number of methoxy groups -OCH3 is 1. The summed E-state index contributed by atoms with van der Waals surface area (Å²) in [5.74, 6) is 0. The highest BCUT2D eigenvalue weighted by molar-refractivity contribution is 5.98. The van der Waals surface area contributed by atoms with Gasteiger partial charge in [-0.25, -0.2) is 14.0 Å². The zero-order valence-corrected chi connectivity index (χ0v) is 16.5. The topological polar surface area (TPSA) is 70.6 Å². The summed E-state index contributed by atoms with van der Waals surface area (Å²) in [6.45, 7) is 1.68. The van der Waals surface area contributed by atoms with E-state index in [-0.39, 0.29) is 18.3 Å². The van der Waals surface area contributed by atoms with E-state index in [4.69, 9.17) is 9.57 Å². The van der Waals surface area contributed by atoms with E-state index in [0.29, 0.717) is 17.0 Å². The summed E-state index contributed by atoms with van der Waals surface area (Å²) in [5.41, 5.74) is 0.878. The summed E-state index contributed by atoms with van der Waals surface area (Å²) in [6.07, 6.45) is -4.42. The van der Waals surface area contributed by atoms with Crippen molar-refractivity contribution < 1.29 is 22.7 Å². The van der Waals surface area contributed by atoms with Crippen LogP contribution in [0.15, 0.2) is 58.5 Å². The average Bonchev–Trinajstić information content (AvgIpc) is 3.02. The minimum absolute atomic E-state index is 0.107. The fraction of sp³-hybridized carbons (Fsp3) is 0.250. The number of alkyl halides is 3. The fourth-order valence-electron chi connectivity index (χ4n) is 2.71.